The molecule has 1 amide bonds. The van der Waals surface area contributed by atoms with Gasteiger partial charge in [-0.05, 0) is 24.6 Å². The number of nitrogens with zero attached hydrogens (tertiary/aromatic N) is 3. The molecule has 0 radical (unpaired) electrons. The van der Waals surface area contributed by atoms with Crippen LogP contribution in [-0.2, 0) is 11.8 Å². The number of nitrogens with one attached hydrogen (secondary N) is 1. The van der Waals surface area contributed by atoms with Gasteiger partial charge in [0, 0.05) is 35.8 Å². The van der Waals surface area contributed by atoms with Crippen molar-refractivity contribution < 1.29 is 14.5 Å². The van der Waals surface area contributed by atoms with Gasteiger partial charge >= 0.3 is 5.69 Å². The first-order chi connectivity index (χ1) is 13.0. The van der Waals surface area contributed by atoms with Crippen LogP contribution in [0.1, 0.15) is 11.1 Å². The zero-order valence-electron chi connectivity index (χ0n) is 14.9. The zero-order valence-corrected chi connectivity index (χ0v) is 14.9. The maximum atomic E-state index is 11.9. The quantitative estimate of drug-likeness (QED) is 0.412. The van der Waals surface area contributed by atoms with Gasteiger partial charge in [0.1, 0.15) is 0 Å². The molecule has 3 aromatic rings. The van der Waals surface area contributed by atoms with E-state index in [9.17, 15) is 14.9 Å². The first kappa shape index (κ1) is 18.1. The van der Waals surface area contributed by atoms with Crippen LogP contribution in [0.25, 0.3) is 10.9 Å². The van der Waals surface area contributed by atoms with E-state index < -0.39 is 10.8 Å². The van der Waals surface area contributed by atoms with Crippen LogP contribution in [0.4, 0.5) is 5.69 Å². The molecule has 0 spiro atoms. The number of carbonyl (C=O) groups excluding carboxylic acids is 1. The predicted molar refractivity (Wildman–Crippen MR) is 102 cm³/mol. The largest absolute Gasteiger partial charge is 0.477 e. The minimum absolute atomic E-state index is 0.0405. The smallest absolute Gasteiger partial charge is 0.311 e. The van der Waals surface area contributed by atoms with Crippen molar-refractivity contribution in [1.82, 2.24) is 9.99 Å². The van der Waals surface area contributed by atoms with Gasteiger partial charge in [-0.25, -0.2) is 5.43 Å². The Hall–Kier alpha value is -3.68. The van der Waals surface area contributed by atoms with E-state index in [0.29, 0.717) is 0 Å². The maximum Gasteiger partial charge on any atom is 0.311 e. The third-order valence-corrected chi connectivity index (χ3v) is 3.99. The van der Waals surface area contributed by atoms with Gasteiger partial charge in [-0.15, -0.1) is 0 Å². The first-order valence-electron chi connectivity index (χ1n) is 8.19. The minimum Gasteiger partial charge on any atom is -0.477 e. The minimum atomic E-state index is -0.543. The van der Waals surface area contributed by atoms with Gasteiger partial charge in [0.25, 0.3) is 5.91 Å². The monoisotopic (exact) mass is 366 g/mol. The van der Waals surface area contributed by atoms with Crippen molar-refractivity contribution in [2.75, 3.05) is 6.61 Å². The summed E-state index contributed by atoms with van der Waals surface area (Å²) in [5, 5.41) is 16.0. The fourth-order valence-electron chi connectivity index (χ4n) is 2.72. The SMILES string of the molecule is Cc1ccc(OCC(=O)NN=Cc2cn(C)c3ccccc23)c([N+](=O)[O-])c1. The lowest BCUT2D eigenvalue weighted by atomic mass is 10.2. The highest BCUT2D eigenvalue weighted by atomic mass is 16.6. The van der Waals surface area contributed by atoms with E-state index in [1.165, 1.54) is 12.1 Å². The molecule has 0 saturated heterocycles. The number of hydrogen-bond donors (Lipinski definition) is 1. The van der Waals surface area contributed by atoms with Crippen molar-refractivity contribution in [2.45, 2.75) is 6.92 Å². The number of amides is 1. The molecule has 8 heteroatoms. The summed E-state index contributed by atoms with van der Waals surface area (Å²) in [6.45, 7) is 1.36. The number of hydrazone groups is 1. The molecule has 0 unspecified atom stereocenters. The number of benzene rings is 2. The van der Waals surface area contributed by atoms with E-state index in [-0.39, 0.29) is 18.0 Å². The normalized spacial score (nSPS) is 11.0. The Morgan fingerprint density at radius 3 is 2.89 bits per heavy atom. The number of fused-ring (bicyclic) bond motifs is 1. The Balaban J connectivity index is 1.62. The predicted octanol–water partition coefficient (Wildman–Crippen LogP) is 2.92. The number of nitro benzene ring substituents is 1. The Kier molecular flexibility index (Phi) is 5.16. The van der Waals surface area contributed by atoms with Crippen LogP contribution in [0.2, 0.25) is 0 Å². The van der Waals surface area contributed by atoms with Crippen LogP contribution < -0.4 is 10.2 Å². The van der Waals surface area contributed by atoms with Crippen LogP contribution in [0.5, 0.6) is 5.75 Å². The molecule has 8 nitrogen and oxygen atoms in total. The summed E-state index contributed by atoms with van der Waals surface area (Å²) in [7, 11) is 1.93. The number of nitro groups is 1. The summed E-state index contributed by atoms with van der Waals surface area (Å²) in [4.78, 5) is 22.4. The van der Waals surface area contributed by atoms with Crippen molar-refractivity contribution in [3.8, 4) is 5.75 Å². The highest BCUT2D eigenvalue weighted by Crippen LogP contribution is 2.27. The molecular formula is C19H18N4O4. The summed E-state index contributed by atoms with van der Waals surface area (Å²) in [6.07, 6.45) is 3.46. The number of aryl methyl sites for hydroxylation is 2. The number of para-hydroxylation sites is 1. The molecule has 0 bridgehead atoms. The van der Waals surface area contributed by atoms with E-state index in [2.05, 4.69) is 10.5 Å². The molecule has 0 fully saturated rings. The van der Waals surface area contributed by atoms with Crippen LogP contribution in [-0.4, -0.2) is 28.2 Å². The molecule has 1 aromatic heterocycles. The van der Waals surface area contributed by atoms with E-state index in [4.69, 9.17) is 4.74 Å². The Labute approximate surface area is 155 Å². The van der Waals surface area contributed by atoms with Crippen LogP contribution in [0.3, 0.4) is 0 Å². The molecule has 0 aliphatic carbocycles. The van der Waals surface area contributed by atoms with Crippen molar-refractivity contribution in [2.24, 2.45) is 12.1 Å². The van der Waals surface area contributed by atoms with Gasteiger partial charge in [-0.2, -0.15) is 5.10 Å². The third-order valence-electron chi connectivity index (χ3n) is 3.99. The summed E-state index contributed by atoms with van der Waals surface area (Å²) in [5.41, 5.74) is 4.84. The van der Waals surface area contributed by atoms with Crippen molar-refractivity contribution in [1.29, 1.82) is 0 Å². The van der Waals surface area contributed by atoms with Crippen molar-refractivity contribution in [3.05, 3.63) is 69.9 Å². The van der Waals surface area contributed by atoms with Crippen molar-refractivity contribution in [3.63, 3.8) is 0 Å². The molecule has 0 saturated carbocycles. The van der Waals surface area contributed by atoms with E-state index in [1.807, 2.05) is 42.1 Å². The highest BCUT2D eigenvalue weighted by Gasteiger charge is 2.16. The number of aromatic nitrogens is 1. The second kappa shape index (κ2) is 7.69. The fraction of sp³-hybridized carbons (Fsp3) is 0.158. The lowest BCUT2D eigenvalue weighted by molar-refractivity contribution is -0.385. The molecule has 0 atom stereocenters. The van der Waals surface area contributed by atoms with Gasteiger partial charge in [0.05, 0.1) is 11.1 Å². The molecule has 2 aromatic carbocycles. The maximum absolute atomic E-state index is 11.9. The number of rotatable bonds is 6. The molecule has 0 aliphatic heterocycles. The highest BCUT2D eigenvalue weighted by molar-refractivity contribution is 5.99. The summed E-state index contributed by atoms with van der Waals surface area (Å²) < 4.78 is 7.23. The zero-order chi connectivity index (χ0) is 19.4. The molecule has 0 aliphatic rings. The van der Waals surface area contributed by atoms with E-state index >= 15 is 0 Å². The standard InChI is InChI=1S/C19H18N4O4/c1-13-7-8-18(17(9-13)23(25)26)27-12-19(24)21-20-10-14-11-22(2)16-6-4-3-5-15(14)16/h3-11H,12H2,1-2H3,(H,21,24). The van der Waals surface area contributed by atoms with E-state index in [1.54, 1.807) is 19.2 Å². The van der Waals surface area contributed by atoms with Crippen LogP contribution in [0, 0.1) is 17.0 Å². The average Bonchev–Trinajstić information content (AvgIpc) is 2.97. The average molecular weight is 366 g/mol. The van der Waals surface area contributed by atoms with Crippen LogP contribution in [0.15, 0.2) is 53.8 Å². The second-order valence-corrected chi connectivity index (χ2v) is 6.02. The Morgan fingerprint density at radius 1 is 1.33 bits per heavy atom. The van der Waals surface area contributed by atoms with E-state index in [0.717, 1.165) is 22.0 Å². The van der Waals surface area contributed by atoms with Gasteiger partial charge in [-0.3, -0.25) is 14.9 Å². The Morgan fingerprint density at radius 2 is 2.11 bits per heavy atom. The lowest BCUT2D eigenvalue weighted by Gasteiger charge is -2.06. The van der Waals surface area contributed by atoms with Crippen molar-refractivity contribution >= 4 is 28.7 Å². The number of hydrogen-bond acceptors (Lipinski definition) is 5. The van der Waals surface area contributed by atoms with Gasteiger partial charge in [0.15, 0.2) is 12.4 Å². The number of ether oxygens (including phenoxy) is 1. The molecule has 138 valence electrons. The second-order valence-electron chi connectivity index (χ2n) is 6.02. The summed E-state index contributed by atoms with van der Waals surface area (Å²) in [5.74, 6) is -0.472. The molecule has 27 heavy (non-hydrogen) atoms. The van der Waals surface area contributed by atoms with Crippen LogP contribution >= 0.6 is 0 Å². The van der Waals surface area contributed by atoms with Gasteiger partial charge < -0.3 is 9.30 Å². The number of carbonyl (C=O) groups is 1. The fourth-order valence-corrected chi connectivity index (χ4v) is 2.72. The molecular weight excluding hydrogens is 348 g/mol. The Bertz CT molecular complexity index is 1040. The molecule has 1 heterocycles. The topological polar surface area (TPSA) is 98.8 Å². The summed E-state index contributed by atoms with van der Waals surface area (Å²) >= 11 is 0. The van der Waals surface area contributed by atoms with Gasteiger partial charge in [-0.1, -0.05) is 24.3 Å². The molecule has 3 rings (SSSR count). The lowest BCUT2D eigenvalue weighted by Crippen LogP contribution is -2.24. The third kappa shape index (κ3) is 4.12. The van der Waals surface area contributed by atoms with Gasteiger partial charge in [0.2, 0.25) is 0 Å². The first-order valence-corrected chi connectivity index (χ1v) is 8.19. The molecule has 1 N–H and O–H groups in total. The summed E-state index contributed by atoms with van der Waals surface area (Å²) in [6, 6.07) is 12.4.